The van der Waals surface area contributed by atoms with Gasteiger partial charge >= 0.3 is 0 Å². The van der Waals surface area contributed by atoms with E-state index in [1.54, 1.807) is 4.68 Å². The number of carbonyl (C=O) groups excluding carboxylic acids is 1. The molecular formula is C6H9N5O2. The molecule has 0 saturated carbocycles. The number of hydrogen-bond acceptors (Lipinski definition) is 5. The number of hydrogen-bond donors (Lipinski definition) is 3. The minimum atomic E-state index is -0.640. The predicted octanol–water partition coefficient (Wildman–Crippen LogP) is -1.46. The fourth-order valence-electron chi connectivity index (χ4n) is 1.08. The third-order valence-electron chi connectivity index (χ3n) is 1.98. The Labute approximate surface area is 73.7 Å². The van der Waals surface area contributed by atoms with E-state index in [9.17, 15) is 4.79 Å². The first kappa shape index (κ1) is 8.14. The number of nitrogens with one attached hydrogen (secondary N) is 2. The number of rotatable bonds is 2. The average Bonchev–Trinajstić information content (AvgIpc) is 2.49. The van der Waals surface area contributed by atoms with Gasteiger partial charge in [-0.3, -0.25) is 10.0 Å². The van der Waals surface area contributed by atoms with Gasteiger partial charge in [-0.2, -0.15) is 0 Å². The zero-order chi connectivity index (χ0) is 9.26. The summed E-state index contributed by atoms with van der Waals surface area (Å²) in [6.07, 6.45) is 1.51. The molecule has 1 aromatic heterocycles. The molecule has 7 heteroatoms. The van der Waals surface area contributed by atoms with Crippen molar-refractivity contribution in [1.29, 1.82) is 0 Å². The van der Waals surface area contributed by atoms with Crippen molar-refractivity contribution in [1.82, 2.24) is 25.8 Å². The number of amides is 1. The molecule has 1 saturated heterocycles. The molecule has 3 N–H and O–H groups in total. The van der Waals surface area contributed by atoms with Gasteiger partial charge in [0, 0.05) is 13.1 Å². The van der Waals surface area contributed by atoms with Gasteiger partial charge in [-0.15, -0.1) is 5.10 Å². The normalized spacial score (nSPS) is 16.7. The highest BCUT2D eigenvalue weighted by atomic mass is 16.5. The van der Waals surface area contributed by atoms with E-state index in [0.717, 1.165) is 13.1 Å². The van der Waals surface area contributed by atoms with Crippen molar-refractivity contribution in [2.75, 3.05) is 13.1 Å². The smallest absolute Gasteiger partial charge is 0.296 e. The predicted molar refractivity (Wildman–Crippen MR) is 41.2 cm³/mol. The topological polar surface area (TPSA) is 92.1 Å². The molecule has 0 radical (unpaired) electrons. The van der Waals surface area contributed by atoms with Gasteiger partial charge in [-0.25, -0.2) is 10.2 Å². The molecule has 0 bridgehead atoms. The summed E-state index contributed by atoms with van der Waals surface area (Å²) in [6, 6.07) is 0.271. The standard InChI is InChI=1S/C6H9N5O2/c12-6(9-13)5-3-11(10-8-5)4-1-7-2-4/h3-4,7,13H,1-2H2,(H,9,12). The van der Waals surface area contributed by atoms with Crippen LogP contribution in [0.3, 0.4) is 0 Å². The van der Waals surface area contributed by atoms with Crippen LogP contribution in [0, 0.1) is 0 Å². The largest absolute Gasteiger partial charge is 0.312 e. The van der Waals surface area contributed by atoms with Gasteiger partial charge in [0.15, 0.2) is 5.69 Å². The first-order valence-electron chi connectivity index (χ1n) is 3.88. The van der Waals surface area contributed by atoms with Crippen molar-refractivity contribution in [3.8, 4) is 0 Å². The molecule has 1 fully saturated rings. The van der Waals surface area contributed by atoms with E-state index in [4.69, 9.17) is 5.21 Å². The second kappa shape index (κ2) is 3.11. The van der Waals surface area contributed by atoms with Crippen LogP contribution in [-0.2, 0) is 0 Å². The second-order valence-corrected chi connectivity index (χ2v) is 2.84. The van der Waals surface area contributed by atoms with E-state index in [2.05, 4.69) is 15.6 Å². The molecule has 1 aliphatic heterocycles. The summed E-state index contributed by atoms with van der Waals surface area (Å²) in [7, 11) is 0. The summed E-state index contributed by atoms with van der Waals surface area (Å²) in [5, 5.41) is 18.8. The van der Waals surface area contributed by atoms with Gasteiger partial charge in [0.25, 0.3) is 5.91 Å². The average molecular weight is 183 g/mol. The van der Waals surface area contributed by atoms with Gasteiger partial charge in [0.05, 0.1) is 12.2 Å². The lowest BCUT2D eigenvalue weighted by Crippen LogP contribution is -2.43. The fourth-order valence-corrected chi connectivity index (χ4v) is 1.08. The Morgan fingerprint density at radius 2 is 2.54 bits per heavy atom. The molecule has 13 heavy (non-hydrogen) atoms. The molecular weight excluding hydrogens is 174 g/mol. The number of nitrogens with zero attached hydrogens (tertiary/aromatic N) is 3. The highest BCUT2D eigenvalue weighted by molar-refractivity contribution is 5.90. The van der Waals surface area contributed by atoms with Crippen LogP contribution in [0.15, 0.2) is 6.20 Å². The molecule has 2 rings (SSSR count). The van der Waals surface area contributed by atoms with Crippen molar-refractivity contribution in [3.05, 3.63) is 11.9 Å². The molecule has 1 aromatic rings. The van der Waals surface area contributed by atoms with Gasteiger partial charge in [-0.1, -0.05) is 5.21 Å². The molecule has 7 nitrogen and oxygen atoms in total. The molecule has 0 aromatic carbocycles. The Hall–Kier alpha value is -1.47. The van der Waals surface area contributed by atoms with Crippen LogP contribution in [0.5, 0.6) is 0 Å². The zero-order valence-corrected chi connectivity index (χ0v) is 6.77. The van der Waals surface area contributed by atoms with Crippen molar-refractivity contribution in [3.63, 3.8) is 0 Å². The summed E-state index contributed by atoms with van der Waals surface area (Å²) in [5.41, 5.74) is 1.62. The molecule has 0 spiro atoms. The van der Waals surface area contributed by atoms with Crippen LogP contribution >= 0.6 is 0 Å². The molecule has 1 aliphatic rings. The minimum Gasteiger partial charge on any atom is -0.312 e. The van der Waals surface area contributed by atoms with Crippen LogP contribution < -0.4 is 10.8 Å². The maximum atomic E-state index is 10.9. The van der Waals surface area contributed by atoms with Crippen molar-refractivity contribution in [2.24, 2.45) is 0 Å². The van der Waals surface area contributed by atoms with E-state index in [1.807, 2.05) is 0 Å². The maximum absolute atomic E-state index is 10.9. The van der Waals surface area contributed by atoms with Crippen LogP contribution in [-0.4, -0.2) is 39.2 Å². The Balaban J connectivity index is 2.12. The Bertz CT molecular complexity index is 319. The van der Waals surface area contributed by atoms with Crippen LogP contribution in [0.25, 0.3) is 0 Å². The Morgan fingerprint density at radius 1 is 1.77 bits per heavy atom. The summed E-state index contributed by atoms with van der Waals surface area (Å²) in [6.45, 7) is 1.67. The van der Waals surface area contributed by atoms with Crippen molar-refractivity contribution >= 4 is 5.91 Å². The Morgan fingerprint density at radius 3 is 3.08 bits per heavy atom. The monoisotopic (exact) mass is 183 g/mol. The fraction of sp³-hybridized carbons (Fsp3) is 0.500. The summed E-state index contributed by atoms with van der Waals surface area (Å²) >= 11 is 0. The van der Waals surface area contributed by atoms with Crippen molar-refractivity contribution < 1.29 is 10.0 Å². The SMILES string of the molecule is O=C(NO)c1cn(C2CNC2)nn1. The third kappa shape index (κ3) is 1.38. The quantitative estimate of drug-likeness (QED) is 0.385. The summed E-state index contributed by atoms with van der Waals surface area (Å²) < 4.78 is 1.61. The third-order valence-corrected chi connectivity index (χ3v) is 1.98. The maximum Gasteiger partial charge on any atom is 0.296 e. The van der Waals surface area contributed by atoms with Gasteiger partial charge in [0.2, 0.25) is 0 Å². The van der Waals surface area contributed by atoms with E-state index in [1.165, 1.54) is 11.7 Å². The van der Waals surface area contributed by atoms with Gasteiger partial charge < -0.3 is 5.32 Å². The lowest BCUT2D eigenvalue weighted by atomic mass is 10.2. The van der Waals surface area contributed by atoms with E-state index < -0.39 is 5.91 Å². The summed E-state index contributed by atoms with van der Waals surface area (Å²) in [4.78, 5) is 10.9. The highest BCUT2D eigenvalue weighted by Gasteiger charge is 2.21. The zero-order valence-electron chi connectivity index (χ0n) is 6.77. The molecule has 2 heterocycles. The van der Waals surface area contributed by atoms with Crippen LogP contribution in [0.1, 0.15) is 16.5 Å². The lowest BCUT2D eigenvalue weighted by Gasteiger charge is -2.26. The molecule has 0 atom stereocenters. The Kier molecular flexibility index (Phi) is 1.95. The highest BCUT2D eigenvalue weighted by Crippen LogP contribution is 2.09. The van der Waals surface area contributed by atoms with Crippen molar-refractivity contribution in [2.45, 2.75) is 6.04 Å². The number of hydroxylamine groups is 1. The van der Waals surface area contributed by atoms with Gasteiger partial charge in [0.1, 0.15) is 0 Å². The van der Waals surface area contributed by atoms with E-state index in [-0.39, 0.29) is 11.7 Å². The lowest BCUT2D eigenvalue weighted by molar-refractivity contribution is 0.0700. The van der Waals surface area contributed by atoms with E-state index >= 15 is 0 Å². The van der Waals surface area contributed by atoms with Gasteiger partial charge in [-0.05, 0) is 0 Å². The molecule has 70 valence electrons. The summed E-state index contributed by atoms with van der Waals surface area (Å²) in [5.74, 6) is -0.640. The first-order chi connectivity index (χ1) is 6.31. The number of carbonyl (C=O) groups is 1. The minimum absolute atomic E-state index is 0.120. The first-order valence-corrected chi connectivity index (χ1v) is 3.88. The van der Waals surface area contributed by atoms with Crippen LogP contribution in [0.2, 0.25) is 0 Å². The number of aromatic nitrogens is 3. The van der Waals surface area contributed by atoms with Crippen LogP contribution in [0.4, 0.5) is 0 Å². The molecule has 0 unspecified atom stereocenters. The molecule has 1 amide bonds. The second-order valence-electron chi connectivity index (χ2n) is 2.84. The molecule has 0 aliphatic carbocycles. The van der Waals surface area contributed by atoms with E-state index in [0.29, 0.717) is 0 Å².